The molecule has 0 unspecified atom stereocenters. The Balaban J connectivity index is 1.38. The summed E-state index contributed by atoms with van der Waals surface area (Å²) in [5.41, 5.74) is 1.83. The van der Waals surface area contributed by atoms with Crippen LogP contribution in [0, 0.1) is 11.6 Å². The van der Waals surface area contributed by atoms with Crippen LogP contribution in [0.15, 0.2) is 48.9 Å². The average Bonchev–Trinajstić information content (AvgIpc) is 2.99. The van der Waals surface area contributed by atoms with Gasteiger partial charge in [0, 0.05) is 43.3 Å². The molecule has 12 heteroatoms. The molecule has 1 aliphatic heterocycles. The Morgan fingerprint density at radius 2 is 1.86 bits per heavy atom. The van der Waals surface area contributed by atoms with E-state index < -0.39 is 23.8 Å². The summed E-state index contributed by atoms with van der Waals surface area (Å²) in [4.78, 5) is 33.8. The molecule has 220 valence electrons. The molecule has 1 fully saturated rings. The molecule has 1 aliphatic rings. The molecule has 10 nitrogen and oxygen atoms in total. The number of hydrogen-bond donors (Lipinski definition) is 2. The first-order valence-electron chi connectivity index (χ1n) is 14.0. The third-order valence-electron chi connectivity index (χ3n) is 7.24. The quantitative estimate of drug-likeness (QED) is 0.252. The van der Waals surface area contributed by atoms with Gasteiger partial charge in [-0.3, -0.25) is 4.98 Å². The van der Waals surface area contributed by atoms with Gasteiger partial charge in [0.25, 0.3) is 0 Å². The standard InChI is InChI=1S/C30H34F2N8O2/c1-4-5-14-42-30(41)36-19(2)22-8-9-33-28-23(22)15-20(16-24(28)31)27-25(32)18-35-29(38-27)37-26-7-6-21(17-34-26)40-12-10-39(3)11-13-40/h6-9,15-19H,4-5,10-14H2,1-3H3,(H,36,41)(H,34,35,37,38)/t19-/m1/s1. The highest BCUT2D eigenvalue weighted by Gasteiger charge is 2.19. The highest BCUT2D eigenvalue weighted by molar-refractivity contribution is 5.88. The van der Waals surface area contributed by atoms with Gasteiger partial charge in [-0.05, 0) is 56.3 Å². The fourth-order valence-electron chi connectivity index (χ4n) is 4.81. The normalized spacial score (nSPS) is 14.5. The Kier molecular flexibility index (Phi) is 9.01. The Morgan fingerprint density at radius 3 is 2.60 bits per heavy atom. The molecule has 3 aromatic heterocycles. The van der Waals surface area contributed by atoms with E-state index in [2.05, 4.69) is 47.4 Å². The number of hydrogen-bond acceptors (Lipinski definition) is 9. The van der Waals surface area contributed by atoms with Crippen LogP contribution in [0.4, 0.5) is 31.0 Å². The largest absolute Gasteiger partial charge is 0.450 e. The molecular formula is C30H34F2N8O2. The molecule has 0 saturated carbocycles. The lowest BCUT2D eigenvalue weighted by atomic mass is 9.99. The van der Waals surface area contributed by atoms with Gasteiger partial charge in [0.2, 0.25) is 5.95 Å². The number of fused-ring (bicyclic) bond motifs is 1. The van der Waals surface area contributed by atoms with Crippen LogP contribution in [0.2, 0.25) is 0 Å². The van der Waals surface area contributed by atoms with E-state index in [9.17, 15) is 4.79 Å². The van der Waals surface area contributed by atoms with Crippen molar-refractivity contribution >= 4 is 34.4 Å². The summed E-state index contributed by atoms with van der Waals surface area (Å²) in [7, 11) is 2.10. The van der Waals surface area contributed by atoms with E-state index >= 15 is 8.78 Å². The topological polar surface area (TPSA) is 108 Å². The van der Waals surface area contributed by atoms with E-state index in [1.165, 1.54) is 12.3 Å². The smallest absolute Gasteiger partial charge is 0.407 e. The van der Waals surface area contributed by atoms with Crippen LogP contribution in [0.5, 0.6) is 0 Å². The first-order chi connectivity index (χ1) is 20.3. The Labute approximate surface area is 243 Å². The van der Waals surface area contributed by atoms with Crippen LogP contribution in [0.1, 0.15) is 38.3 Å². The molecule has 5 rings (SSSR count). The SMILES string of the molecule is CCCCOC(=O)N[C@H](C)c1ccnc2c(F)cc(-c3nc(Nc4ccc(N5CCN(C)CC5)cn4)ncc3F)cc12. The van der Waals surface area contributed by atoms with Gasteiger partial charge in [-0.2, -0.15) is 0 Å². The van der Waals surface area contributed by atoms with Gasteiger partial charge in [-0.15, -0.1) is 0 Å². The maximum atomic E-state index is 15.3. The van der Waals surface area contributed by atoms with Crippen molar-refractivity contribution in [3.8, 4) is 11.3 Å². The summed E-state index contributed by atoms with van der Waals surface area (Å²) in [6, 6.07) is 7.74. The number of rotatable bonds is 9. The zero-order valence-electron chi connectivity index (χ0n) is 23.9. The fourth-order valence-corrected chi connectivity index (χ4v) is 4.81. The van der Waals surface area contributed by atoms with Crippen LogP contribution in [-0.2, 0) is 4.74 Å². The minimum absolute atomic E-state index is 0.0863. The highest BCUT2D eigenvalue weighted by Crippen LogP contribution is 2.31. The maximum absolute atomic E-state index is 15.3. The second-order valence-corrected chi connectivity index (χ2v) is 10.3. The van der Waals surface area contributed by atoms with E-state index in [0.717, 1.165) is 50.9 Å². The number of amides is 1. The van der Waals surface area contributed by atoms with Gasteiger partial charge < -0.3 is 25.2 Å². The Morgan fingerprint density at radius 1 is 1.05 bits per heavy atom. The molecule has 2 N–H and O–H groups in total. The van der Waals surface area contributed by atoms with Gasteiger partial charge in [0.05, 0.1) is 30.7 Å². The molecule has 0 aliphatic carbocycles. The molecule has 1 atom stereocenters. The summed E-state index contributed by atoms with van der Waals surface area (Å²) in [6.07, 6.45) is 5.37. The number of carbonyl (C=O) groups is 1. The van der Waals surface area contributed by atoms with Crippen LogP contribution in [0.25, 0.3) is 22.2 Å². The summed E-state index contributed by atoms with van der Waals surface area (Å²) in [6.45, 7) is 7.89. The number of likely N-dealkylation sites (N-methyl/N-ethyl adjacent to an activating group) is 1. The van der Waals surface area contributed by atoms with Crippen molar-refractivity contribution in [1.29, 1.82) is 0 Å². The number of unbranched alkanes of at least 4 members (excludes halogenated alkanes) is 1. The van der Waals surface area contributed by atoms with Gasteiger partial charge in [-0.25, -0.2) is 28.5 Å². The van der Waals surface area contributed by atoms with Crippen molar-refractivity contribution in [3.63, 3.8) is 0 Å². The minimum atomic E-state index is -0.714. The van der Waals surface area contributed by atoms with Gasteiger partial charge in [-0.1, -0.05) is 13.3 Å². The number of ether oxygens (including phenoxy) is 1. The third-order valence-corrected chi connectivity index (χ3v) is 7.24. The predicted molar refractivity (Wildman–Crippen MR) is 158 cm³/mol. The average molecular weight is 577 g/mol. The molecule has 0 radical (unpaired) electrons. The molecular weight excluding hydrogens is 542 g/mol. The number of benzene rings is 1. The van der Waals surface area contributed by atoms with Crippen molar-refractivity contribution in [2.24, 2.45) is 0 Å². The van der Waals surface area contributed by atoms with Crippen molar-refractivity contribution in [2.75, 3.05) is 50.1 Å². The lowest BCUT2D eigenvalue weighted by Crippen LogP contribution is -2.44. The van der Waals surface area contributed by atoms with Gasteiger partial charge >= 0.3 is 6.09 Å². The van der Waals surface area contributed by atoms with Crippen molar-refractivity contribution in [2.45, 2.75) is 32.7 Å². The van der Waals surface area contributed by atoms with Crippen molar-refractivity contribution in [1.82, 2.24) is 30.2 Å². The summed E-state index contributed by atoms with van der Waals surface area (Å²) >= 11 is 0. The van der Waals surface area contributed by atoms with E-state index in [1.807, 2.05) is 19.1 Å². The minimum Gasteiger partial charge on any atom is -0.450 e. The summed E-state index contributed by atoms with van der Waals surface area (Å²) in [5, 5.41) is 6.19. The van der Waals surface area contributed by atoms with E-state index in [0.29, 0.717) is 23.4 Å². The number of halogens is 2. The van der Waals surface area contributed by atoms with Crippen LogP contribution >= 0.6 is 0 Å². The van der Waals surface area contributed by atoms with E-state index in [4.69, 9.17) is 4.74 Å². The molecule has 4 aromatic rings. The number of carbonyl (C=O) groups excluding carboxylic acids is 1. The lowest BCUT2D eigenvalue weighted by molar-refractivity contribution is 0.141. The number of piperazine rings is 1. The third kappa shape index (κ3) is 6.71. The second-order valence-electron chi connectivity index (χ2n) is 10.3. The van der Waals surface area contributed by atoms with Crippen LogP contribution in [-0.4, -0.2) is 70.8 Å². The first kappa shape index (κ1) is 29.1. The molecule has 1 amide bonds. The lowest BCUT2D eigenvalue weighted by Gasteiger charge is -2.33. The molecule has 42 heavy (non-hydrogen) atoms. The predicted octanol–water partition coefficient (Wildman–Crippen LogP) is 5.45. The van der Waals surface area contributed by atoms with Gasteiger partial charge in [0.1, 0.15) is 22.8 Å². The number of aromatic nitrogens is 4. The second kappa shape index (κ2) is 13.0. The van der Waals surface area contributed by atoms with E-state index in [1.54, 1.807) is 25.3 Å². The summed E-state index contributed by atoms with van der Waals surface area (Å²) < 4.78 is 35.5. The Bertz CT molecular complexity index is 1540. The van der Waals surface area contributed by atoms with Crippen LogP contribution < -0.4 is 15.5 Å². The van der Waals surface area contributed by atoms with E-state index in [-0.39, 0.29) is 22.7 Å². The molecule has 0 bridgehead atoms. The number of nitrogens with one attached hydrogen (secondary N) is 2. The zero-order valence-corrected chi connectivity index (χ0v) is 23.9. The Hall–Kier alpha value is -4.45. The number of nitrogens with zero attached hydrogens (tertiary/aromatic N) is 6. The van der Waals surface area contributed by atoms with Crippen LogP contribution in [0.3, 0.4) is 0 Å². The van der Waals surface area contributed by atoms with Gasteiger partial charge in [0.15, 0.2) is 5.82 Å². The number of anilines is 3. The molecule has 1 saturated heterocycles. The monoisotopic (exact) mass is 576 g/mol. The summed E-state index contributed by atoms with van der Waals surface area (Å²) in [5.74, 6) is -0.750. The van der Waals surface area contributed by atoms with Crippen molar-refractivity contribution < 1.29 is 18.3 Å². The highest BCUT2D eigenvalue weighted by atomic mass is 19.1. The maximum Gasteiger partial charge on any atom is 0.407 e. The molecule has 1 aromatic carbocycles. The molecule has 4 heterocycles. The fraction of sp³-hybridized carbons (Fsp3) is 0.367. The van der Waals surface area contributed by atoms with Crippen molar-refractivity contribution in [3.05, 3.63) is 66.1 Å². The first-order valence-corrected chi connectivity index (χ1v) is 14.0. The number of pyridine rings is 2. The number of alkyl carbamates (subject to hydrolysis) is 1. The molecule has 0 spiro atoms. The zero-order chi connectivity index (χ0) is 29.6.